The van der Waals surface area contributed by atoms with E-state index in [4.69, 9.17) is 19.3 Å². The normalized spacial score (nSPS) is 24.3. The summed E-state index contributed by atoms with van der Waals surface area (Å²) in [6.07, 6.45) is -7.76. The van der Waals surface area contributed by atoms with Gasteiger partial charge in [-0.3, -0.25) is 0 Å². The van der Waals surface area contributed by atoms with E-state index in [2.05, 4.69) is 15.0 Å². The van der Waals surface area contributed by atoms with Gasteiger partial charge in [0, 0.05) is 6.07 Å². The highest BCUT2D eigenvalue weighted by atomic mass is 19.4. The number of hydrogen-bond donors (Lipinski definition) is 3. The lowest BCUT2D eigenvalue weighted by Gasteiger charge is -2.37. The molecule has 1 fully saturated rings. The van der Waals surface area contributed by atoms with Crippen LogP contribution in [-0.4, -0.2) is 73.9 Å². The molecule has 0 spiro atoms. The zero-order valence-electron chi connectivity index (χ0n) is 15.1. The molecule has 2 aromatic rings. The first-order valence-corrected chi connectivity index (χ1v) is 8.52. The minimum absolute atomic E-state index is 0.0307. The average Bonchev–Trinajstić information content (AvgIpc) is 2.71. The Labute approximate surface area is 166 Å². The lowest BCUT2D eigenvalue weighted by atomic mass is 10.0. The summed E-state index contributed by atoms with van der Waals surface area (Å²) in [5.74, 6) is -1.67. The van der Waals surface area contributed by atoms with Crippen molar-refractivity contribution in [3.8, 4) is 11.8 Å². The standard InChI is InChI=1S/C17H16F3N3O7/c18-17(19,20)11-2-1-3-12(23-11)30-10-7-28-9(14(24)15(10)25)6-29-13-5-21-8(4-22-13)16(26)27/h1-5,9-10,14-15,24-25H,6-7H2,(H,26,27)/t9-,10+,14+,15-/m1/s1. The quantitative estimate of drug-likeness (QED) is 0.593. The van der Waals surface area contributed by atoms with Gasteiger partial charge in [-0.25, -0.2) is 19.7 Å². The number of carbonyl (C=O) groups is 1. The van der Waals surface area contributed by atoms with Gasteiger partial charge >= 0.3 is 12.1 Å². The molecule has 1 aliphatic rings. The molecule has 0 unspecified atom stereocenters. The molecule has 13 heteroatoms. The Morgan fingerprint density at radius 3 is 2.57 bits per heavy atom. The van der Waals surface area contributed by atoms with Crippen molar-refractivity contribution in [1.29, 1.82) is 0 Å². The SMILES string of the molecule is O=C(O)c1cnc(OC[C@H]2OC[C@H](Oc3cccc(C(F)(F)F)n3)[C@@H](O)[C@H]2O)cn1. The lowest BCUT2D eigenvalue weighted by molar-refractivity contribution is -0.187. The molecule has 1 aliphatic heterocycles. The Morgan fingerprint density at radius 1 is 1.17 bits per heavy atom. The number of nitrogens with zero attached hydrogens (tertiary/aromatic N) is 3. The van der Waals surface area contributed by atoms with Crippen molar-refractivity contribution in [3.63, 3.8) is 0 Å². The molecule has 0 radical (unpaired) electrons. The predicted octanol–water partition coefficient (Wildman–Crippen LogP) is 0.536. The van der Waals surface area contributed by atoms with Crippen LogP contribution in [0.3, 0.4) is 0 Å². The van der Waals surface area contributed by atoms with Gasteiger partial charge in [0.15, 0.2) is 11.8 Å². The Hall–Kier alpha value is -3.03. The van der Waals surface area contributed by atoms with Crippen LogP contribution in [0.1, 0.15) is 16.2 Å². The highest BCUT2D eigenvalue weighted by molar-refractivity contribution is 5.84. The van der Waals surface area contributed by atoms with E-state index in [0.717, 1.165) is 24.5 Å². The summed E-state index contributed by atoms with van der Waals surface area (Å²) in [5, 5.41) is 29.2. The first-order chi connectivity index (χ1) is 14.1. The van der Waals surface area contributed by atoms with E-state index < -0.39 is 42.3 Å². The third kappa shape index (κ3) is 5.11. The van der Waals surface area contributed by atoms with Crippen molar-refractivity contribution in [2.24, 2.45) is 0 Å². The van der Waals surface area contributed by atoms with Crippen LogP contribution in [0.4, 0.5) is 13.2 Å². The second-order valence-corrected chi connectivity index (χ2v) is 6.22. The summed E-state index contributed by atoms with van der Waals surface area (Å²) >= 11 is 0. The van der Waals surface area contributed by atoms with Crippen molar-refractivity contribution in [3.05, 3.63) is 42.0 Å². The van der Waals surface area contributed by atoms with Crippen LogP contribution < -0.4 is 9.47 Å². The summed E-state index contributed by atoms with van der Waals surface area (Å²) in [6.45, 7) is -0.512. The first-order valence-electron chi connectivity index (χ1n) is 8.52. The van der Waals surface area contributed by atoms with E-state index in [0.29, 0.717) is 0 Å². The van der Waals surface area contributed by atoms with E-state index in [-0.39, 0.29) is 30.7 Å². The van der Waals surface area contributed by atoms with Gasteiger partial charge < -0.3 is 29.5 Å². The van der Waals surface area contributed by atoms with Gasteiger partial charge in [-0.05, 0) is 6.07 Å². The third-order valence-corrected chi connectivity index (χ3v) is 4.12. The summed E-state index contributed by atoms with van der Waals surface area (Å²) in [5.41, 5.74) is -1.44. The molecule has 0 amide bonds. The maximum Gasteiger partial charge on any atom is 0.433 e. The van der Waals surface area contributed by atoms with Gasteiger partial charge in [-0.1, -0.05) is 6.07 Å². The zero-order valence-corrected chi connectivity index (χ0v) is 15.1. The number of hydrogen-bond acceptors (Lipinski definition) is 9. The number of carboxylic acid groups (broad SMARTS) is 1. The smallest absolute Gasteiger partial charge is 0.433 e. The number of ether oxygens (including phenoxy) is 3. The Kier molecular flexibility index (Phi) is 6.34. The van der Waals surface area contributed by atoms with Crippen LogP contribution >= 0.6 is 0 Å². The third-order valence-electron chi connectivity index (χ3n) is 4.12. The second kappa shape index (κ2) is 8.77. The van der Waals surface area contributed by atoms with Crippen LogP contribution in [-0.2, 0) is 10.9 Å². The summed E-state index contributed by atoms with van der Waals surface area (Å²) < 4.78 is 54.1. The molecule has 0 aromatic carbocycles. The fourth-order valence-electron chi connectivity index (χ4n) is 2.57. The topological polar surface area (TPSA) is 144 Å². The maximum atomic E-state index is 12.7. The number of aliphatic hydroxyl groups is 2. The molecular weight excluding hydrogens is 415 g/mol. The van der Waals surface area contributed by atoms with E-state index in [1.54, 1.807) is 0 Å². The minimum atomic E-state index is -4.66. The maximum absolute atomic E-state index is 12.7. The Balaban J connectivity index is 1.57. The van der Waals surface area contributed by atoms with Crippen LogP contribution in [0.25, 0.3) is 0 Å². The van der Waals surface area contributed by atoms with E-state index >= 15 is 0 Å². The Morgan fingerprint density at radius 2 is 1.93 bits per heavy atom. The number of alkyl halides is 3. The number of rotatable bonds is 6. The van der Waals surface area contributed by atoms with Gasteiger partial charge in [-0.2, -0.15) is 13.2 Å². The molecule has 10 nitrogen and oxygen atoms in total. The molecule has 2 aromatic heterocycles. The molecule has 0 aliphatic carbocycles. The first kappa shape index (κ1) is 21.7. The minimum Gasteiger partial charge on any atom is -0.476 e. The lowest BCUT2D eigenvalue weighted by Crippen LogP contribution is -2.56. The number of carboxylic acids is 1. The van der Waals surface area contributed by atoms with Crippen LogP contribution in [0.15, 0.2) is 30.6 Å². The van der Waals surface area contributed by atoms with Crippen LogP contribution in [0.2, 0.25) is 0 Å². The average molecular weight is 431 g/mol. The molecule has 0 saturated carbocycles. The van der Waals surface area contributed by atoms with Crippen LogP contribution in [0, 0.1) is 0 Å². The van der Waals surface area contributed by atoms with Gasteiger partial charge in [0.25, 0.3) is 0 Å². The molecule has 3 rings (SSSR count). The van der Waals surface area contributed by atoms with Crippen molar-refractivity contribution in [2.75, 3.05) is 13.2 Å². The molecule has 3 N–H and O–H groups in total. The van der Waals surface area contributed by atoms with Gasteiger partial charge in [0.1, 0.15) is 30.6 Å². The van der Waals surface area contributed by atoms with E-state index in [1.165, 1.54) is 6.07 Å². The highest BCUT2D eigenvalue weighted by Crippen LogP contribution is 2.29. The fraction of sp³-hybridized carbons (Fsp3) is 0.412. The monoisotopic (exact) mass is 431 g/mol. The van der Waals surface area contributed by atoms with Gasteiger partial charge in [-0.15, -0.1) is 0 Å². The summed E-state index contributed by atoms with van der Waals surface area (Å²) in [4.78, 5) is 21.4. The number of aromatic nitrogens is 3. The van der Waals surface area contributed by atoms with E-state index in [9.17, 15) is 28.2 Å². The summed E-state index contributed by atoms with van der Waals surface area (Å²) in [7, 11) is 0. The van der Waals surface area contributed by atoms with Gasteiger partial charge in [0.05, 0.1) is 19.0 Å². The van der Waals surface area contributed by atoms with Crippen LogP contribution in [0.5, 0.6) is 11.8 Å². The molecule has 0 bridgehead atoms. The number of pyridine rings is 1. The number of aliphatic hydroxyl groups excluding tert-OH is 2. The van der Waals surface area contributed by atoms with Gasteiger partial charge in [0.2, 0.25) is 11.8 Å². The van der Waals surface area contributed by atoms with Crippen molar-refractivity contribution in [1.82, 2.24) is 15.0 Å². The summed E-state index contributed by atoms with van der Waals surface area (Å²) in [6, 6.07) is 3.06. The Bertz CT molecular complexity index is 882. The number of aromatic carboxylic acids is 1. The van der Waals surface area contributed by atoms with E-state index in [1.807, 2.05) is 0 Å². The van der Waals surface area contributed by atoms with Crippen molar-refractivity contribution >= 4 is 5.97 Å². The molecule has 3 heterocycles. The number of halogens is 3. The van der Waals surface area contributed by atoms with Crippen molar-refractivity contribution < 1.29 is 47.5 Å². The molecular formula is C17H16F3N3O7. The zero-order chi connectivity index (χ0) is 21.9. The second-order valence-electron chi connectivity index (χ2n) is 6.22. The fourth-order valence-corrected chi connectivity index (χ4v) is 2.57. The largest absolute Gasteiger partial charge is 0.476 e. The molecule has 4 atom stereocenters. The molecule has 30 heavy (non-hydrogen) atoms. The van der Waals surface area contributed by atoms with Crippen molar-refractivity contribution in [2.45, 2.75) is 30.6 Å². The predicted molar refractivity (Wildman–Crippen MR) is 89.9 cm³/mol. The molecule has 1 saturated heterocycles. The highest BCUT2D eigenvalue weighted by Gasteiger charge is 2.41. The molecule has 162 valence electrons.